The summed E-state index contributed by atoms with van der Waals surface area (Å²) in [6, 6.07) is 10.7. The second kappa shape index (κ2) is 7.38. The average molecular weight is 424 g/mol. The number of imide groups is 1. The Labute approximate surface area is 176 Å². The summed E-state index contributed by atoms with van der Waals surface area (Å²) in [6.45, 7) is 3.81. The molecule has 0 saturated carbocycles. The van der Waals surface area contributed by atoms with E-state index >= 15 is 0 Å². The van der Waals surface area contributed by atoms with Gasteiger partial charge in [-0.25, -0.2) is 9.59 Å². The Kier molecular flexibility index (Phi) is 4.84. The van der Waals surface area contributed by atoms with Crippen molar-refractivity contribution < 1.29 is 18.9 Å². The highest BCUT2D eigenvalue weighted by atomic mass is 16.6. The first-order chi connectivity index (χ1) is 14.7. The number of carbonyl (C=O) groups is 2. The van der Waals surface area contributed by atoms with E-state index in [0.29, 0.717) is 11.1 Å². The van der Waals surface area contributed by atoms with E-state index in [9.17, 15) is 24.5 Å². The van der Waals surface area contributed by atoms with Crippen molar-refractivity contribution >= 4 is 28.7 Å². The molecule has 10 heteroatoms. The Balaban J connectivity index is 1.51. The van der Waals surface area contributed by atoms with Crippen molar-refractivity contribution in [2.45, 2.75) is 32.4 Å². The molecule has 31 heavy (non-hydrogen) atoms. The third-order valence-corrected chi connectivity index (χ3v) is 5.53. The van der Waals surface area contributed by atoms with Gasteiger partial charge in [-0.15, -0.1) is 0 Å². The Morgan fingerprint density at radius 3 is 2.48 bits per heavy atom. The highest BCUT2D eigenvalue weighted by Gasteiger charge is 2.48. The number of fused-ring (bicyclic) bond motifs is 1. The summed E-state index contributed by atoms with van der Waals surface area (Å²) in [7, 11) is 0. The molecule has 1 aromatic heterocycles. The number of hydrogen-bond acceptors (Lipinski definition) is 6. The van der Waals surface area contributed by atoms with E-state index in [4.69, 9.17) is 4.42 Å². The van der Waals surface area contributed by atoms with Gasteiger partial charge in [0.05, 0.1) is 10.4 Å². The van der Waals surface area contributed by atoms with Crippen LogP contribution in [-0.4, -0.2) is 32.9 Å². The molecule has 2 aromatic carbocycles. The van der Waals surface area contributed by atoms with Crippen molar-refractivity contribution in [1.29, 1.82) is 0 Å². The molecule has 1 aliphatic heterocycles. The smallest absolute Gasteiger partial charge is 0.408 e. The SMILES string of the molecule is Cc1ccc(C2(C)NC(=O)N(CCCn3c(=O)oc4ccc([N+](=O)[O-])cc43)C2=O)cc1. The summed E-state index contributed by atoms with van der Waals surface area (Å²) >= 11 is 0. The largest absolute Gasteiger partial charge is 0.419 e. The Morgan fingerprint density at radius 2 is 1.81 bits per heavy atom. The first kappa shape index (κ1) is 20.3. The minimum atomic E-state index is -1.16. The third-order valence-electron chi connectivity index (χ3n) is 5.53. The third kappa shape index (κ3) is 3.45. The minimum Gasteiger partial charge on any atom is -0.408 e. The number of hydrogen-bond donors (Lipinski definition) is 1. The predicted octanol–water partition coefficient (Wildman–Crippen LogP) is 2.67. The van der Waals surface area contributed by atoms with Gasteiger partial charge in [0.15, 0.2) is 5.58 Å². The number of amides is 3. The standard InChI is InChI=1S/C21H20N4O6/c1-13-4-6-14(7-5-13)21(2)18(26)24(19(27)22-21)11-3-10-23-16-12-15(25(29)30)8-9-17(16)31-20(23)28/h4-9,12H,3,10-11H2,1-2H3,(H,22,27). The van der Waals surface area contributed by atoms with Crippen LogP contribution >= 0.6 is 0 Å². The van der Waals surface area contributed by atoms with Crippen molar-refractivity contribution in [3.8, 4) is 0 Å². The molecule has 4 rings (SSSR count). The van der Waals surface area contributed by atoms with E-state index in [1.165, 1.54) is 22.8 Å². The lowest BCUT2D eigenvalue weighted by Crippen LogP contribution is -2.41. The van der Waals surface area contributed by atoms with Gasteiger partial charge in [0.1, 0.15) is 5.54 Å². The van der Waals surface area contributed by atoms with E-state index < -0.39 is 22.2 Å². The maximum absolute atomic E-state index is 13.0. The van der Waals surface area contributed by atoms with Crippen LogP contribution in [0.15, 0.2) is 51.7 Å². The molecule has 1 N–H and O–H groups in total. The molecule has 0 aliphatic carbocycles. The first-order valence-electron chi connectivity index (χ1n) is 9.70. The summed E-state index contributed by atoms with van der Waals surface area (Å²) < 4.78 is 6.39. The van der Waals surface area contributed by atoms with Gasteiger partial charge in [-0.1, -0.05) is 29.8 Å². The van der Waals surface area contributed by atoms with Crippen LogP contribution < -0.4 is 11.1 Å². The second-order valence-corrected chi connectivity index (χ2v) is 7.66. The van der Waals surface area contributed by atoms with E-state index in [1.807, 2.05) is 19.1 Å². The van der Waals surface area contributed by atoms with Gasteiger partial charge in [-0.3, -0.25) is 24.4 Å². The number of nitro benzene ring substituents is 1. The monoisotopic (exact) mass is 424 g/mol. The molecular weight excluding hydrogens is 404 g/mol. The molecule has 0 spiro atoms. The van der Waals surface area contributed by atoms with E-state index in [1.54, 1.807) is 19.1 Å². The number of nitrogens with one attached hydrogen (secondary N) is 1. The van der Waals surface area contributed by atoms with E-state index in [-0.39, 0.29) is 36.7 Å². The molecule has 160 valence electrons. The molecule has 1 saturated heterocycles. The minimum absolute atomic E-state index is 0.0835. The molecule has 0 radical (unpaired) electrons. The molecule has 1 aliphatic rings. The lowest BCUT2D eigenvalue weighted by molar-refractivity contribution is -0.384. The number of carbonyl (C=O) groups excluding carboxylic acids is 2. The quantitative estimate of drug-likeness (QED) is 0.368. The summed E-state index contributed by atoms with van der Waals surface area (Å²) in [6.07, 6.45) is 0.278. The molecule has 10 nitrogen and oxygen atoms in total. The highest BCUT2D eigenvalue weighted by molar-refractivity contribution is 6.07. The number of aromatic nitrogens is 1. The van der Waals surface area contributed by atoms with Gasteiger partial charge in [0.2, 0.25) is 0 Å². The van der Waals surface area contributed by atoms with Crippen molar-refractivity contribution in [3.63, 3.8) is 0 Å². The van der Waals surface area contributed by atoms with Crippen molar-refractivity contribution in [1.82, 2.24) is 14.8 Å². The number of benzene rings is 2. The van der Waals surface area contributed by atoms with Gasteiger partial charge in [0, 0.05) is 25.2 Å². The molecule has 1 unspecified atom stereocenters. The van der Waals surface area contributed by atoms with Crippen LogP contribution in [0, 0.1) is 17.0 Å². The normalized spacial score (nSPS) is 18.6. The van der Waals surface area contributed by atoms with E-state index in [2.05, 4.69) is 5.32 Å². The zero-order chi connectivity index (χ0) is 22.3. The zero-order valence-corrected chi connectivity index (χ0v) is 17.0. The lowest BCUT2D eigenvalue weighted by atomic mass is 9.91. The summed E-state index contributed by atoms with van der Waals surface area (Å²) in [5.41, 5.74) is 0.927. The van der Waals surface area contributed by atoms with Crippen LogP contribution in [0.2, 0.25) is 0 Å². The first-order valence-corrected chi connectivity index (χ1v) is 9.70. The van der Waals surface area contributed by atoms with Crippen molar-refractivity contribution in [3.05, 3.63) is 74.3 Å². The Hall–Kier alpha value is -3.95. The molecule has 2 heterocycles. The van der Waals surface area contributed by atoms with Crippen LogP contribution in [0.25, 0.3) is 11.1 Å². The van der Waals surface area contributed by atoms with E-state index in [0.717, 1.165) is 10.5 Å². The number of aryl methyl sites for hydroxylation is 2. The number of nitro groups is 1. The number of nitrogens with zero attached hydrogens (tertiary/aromatic N) is 3. The molecule has 3 aromatic rings. The molecule has 1 atom stereocenters. The van der Waals surface area contributed by atoms with Crippen LogP contribution in [0.5, 0.6) is 0 Å². The van der Waals surface area contributed by atoms with Crippen LogP contribution in [-0.2, 0) is 16.9 Å². The number of non-ortho nitro benzene ring substituents is 1. The fraction of sp³-hybridized carbons (Fsp3) is 0.286. The fourth-order valence-corrected chi connectivity index (χ4v) is 3.75. The maximum Gasteiger partial charge on any atom is 0.419 e. The average Bonchev–Trinajstić information content (AvgIpc) is 3.16. The van der Waals surface area contributed by atoms with Crippen LogP contribution in [0.1, 0.15) is 24.5 Å². The second-order valence-electron chi connectivity index (χ2n) is 7.66. The van der Waals surface area contributed by atoms with Gasteiger partial charge in [-0.2, -0.15) is 0 Å². The van der Waals surface area contributed by atoms with Gasteiger partial charge >= 0.3 is 11.8 Å². The summed E-state index contributed by atoms with van der Waals surface area (Å²) in [5, 5.41) is 13.8. The molecule has 0 bridgehead atoms. The maximum atomic E-state index is 13.0. The molecular formula is C21H20N4O6. The Morgan fingerprint density at radius 1 is 1.10 bits per heavy atom. The zero-order valence-electron chi connectivity index (χ0n) is 17.0. The molecule has 3 amide bonds. The van der Waals surface area contributed by atoms with Gasteiger partial charge in [0.25, 0.3) is 11.6 Å². The Bertz CT molecular complexity index is 1260. The van der Waals surface area contributed by atoms with Crippen LogP contribution in [0.3, 0.4) is 0 Å². The van der Waals surface area contributed by atoms with Crippen molar-refractivity contribution in [2.24, 2.45) is 0 Å². The van der Waals surface area contributed by atoms with Crippen LogP contribution in [0.4, 0.5) is 10.5 Å². The topological polar surface area (TPSA) is 128 Å². The molecule has 1 fully saturated rings. The van der Waals surface area contributed by atoms with Gasteiger partial charge in [-0.05, 0) is 31.9 Å². The summed E-state index contributed by atoms with van der Waals surface area (Å²) in [5.74, 6) is -1.03. The predicted molar refractivity (Wildman–Crippen MR) is 111 cm³/mol. The highest BCUT2D eigenvalue weighted by Crippen LogP contribution is 2.29. The summed E-state index contributed by atoms with van der Waals surface area (Å²) in [4.78, 5) is 49.2. The number of urea groups is 1. The number of oxazole rings is 1. The van der Waals surface area contributed by atoms with Gasteiger partial charge < -0.3 is 9.73 Å². The fourth-order valence-electron chi connectivity index (χ4n) is 3.75. The number of rotatable bonds is 6. The van der Waals surface area contributed by atoms with Crippen molar-refractivity contribution in [2.75, 3.05) is 6.54 Å². The lowest BCUT2D eigenvalue weighted by Gasteiger charge is -2.22.